The summed E-state index contributed by atoms with van der Waals surface area (Å²) in [6, 6.07) is 6.42. The lowest BCUT2D eigenvalue weighted by atomic mass is 10.1. The van der Waals surface area contributed by atoms with Crippen LogP contribution in [0.3, 0.4) is 0 Å². The SMILES string of the molecule is C/C(=N/NC(=S)NC(C)C)c1ccc(S(=O)(=O)NCCCC(=O)O)cc1. The smallest absolute Gasteiger partial charge is 0.303 e. The van der Waals surface area contributed by atoms with Crippen LogP contribution in [0.25, 0.3) is 0 Å². The van der Waals surface area contributed by atoms with Crippen molar-refractivity contribution in [2.24, 2.45) is 5.10 Å². The van der Waals surface area contributed by atoms with Crippen LogP contribution in [0.2, 0.25) is 0 Å². The Morgan fingerprint density at radius 3 is 2.42 bits per heavy atom. The molecule has 0 heterocycles. The van der Waals surface area contributed by atoms with E-state index in [4.69, 9.17) is 17.3 Å². The number of carboxylic acid groups (broad SMARTS) is 1. The van der Waals surface area contributed by atoms with Gasteiger partial charge in [0.2, 0.25) is 10.0 Å². The van der Waals surface area contributed by atoms with Gasteiger partial charge in [0.1, 0.15) is 0 Å². The molecule has 4 N–H and O–H groups in total. The van der Waals surface area contributed by atoms with E-state index in [1.54, 1.807) is 19.1 Å². The van der Waals surface area contributed by atoms with Gasteiger partial charge in [-0.1, -0.05) is 12.1 Å². The fraction of sp³-hybridized carbons (Fsp3) is 0.438. The Balaban J connectivity index is 2.69. The maximum absolute atomic E-state index is 12.1. The molecule has 0 spiro atoms. The van der Waals surface area contributed by atoms with E-state index in [0.29, 0.717) is 10.8 Å². The van der Waals surface area contributed by atoms with Crippen LogP contribution >= 0.6 is 12.2 Å². The number of rotatable bonds is 9. The number of sulfonamides is 1. The molecule has 1 aromatic carbocycles. The fourth-order valence-corrected chi connectivity index (χ4v) is 3.25. The van der Waals surface area contributed by atoms with Crippen LogP contribution in [0.1, 0.15) is 39.2 Å². The first-order valence-electron chi connectivity index (χ1n) is 8.04. The summed E-state index contributed by atoms with van der Waals surface area (Å²) in [5.41, 5.74) is 4.12. The molecule has 0 aliphatic carbocycles. The first-order chi connectivity index (χ1) is 12.1. The first-order valence-corrected chi connectivity index (χ1v) is 9.93. The van der Waals surface area contributed by atoms with Crippen molar-refractivity contribution in [3.8, 4) is 0 Å². The number of benzene rings is 1. The molecule has 0 atom stereocenters. The molecule has 0 aromatic heterocycles. The first kappa shape index (κ1) is 22.0. The lowest BCUT2D eigenvalue weighted by Gasteiger charge is -2.11. The second kappa shape index (κ2) is 10.2. The van der Waals surface area contributed by atoms with Crippen LogP contribution in [-0.2, 0) is 14.8 Å². The number of hydrazone groups is 1. The van der Waals surface area contributed by atoms with E-state index in [9.17, 15) is 13.2 Å². The zero-order valence-electron chi connectivity index (χ0n) is 14.9. The summed E-state index contributed by atoms with van der Waals surface area (Å²) in [4.78, 5) is 10.5. The molecule has 144 valence electrons. The van der Waals surface area contributed by atoms with E-state index in [-0.39, 0.29) is 30.3 Å². The molecular weight excluding hydrogens is 376 g/mol. The predicted octanol–water partition coefficient (Wildman–Crippen LogP) is 1.43. The standard InChI is InChI=1S/C16H24N4O4S2/c1-11(2)18-16(25)20-19-12(3)13-6-8-14(9-7-13)26(23,24)17-10-4-5-15(21)22/h6-9,11,17H,4-5,10H2,1-3H3,(H,21,22)(H2,18,20,25)/b19-12-. The zero-order valence-corrected chi connectivity index (χ0v) is 16.6. The van der Waals surface area contributed by atoms with Gasteiger partial charge >= 0.3 is 5.97 Å². The highest BCUT2D eigenvalue weighted by atomic mass is 32.2. The number of thiocarbonyl (C=S) groups is 1. The highest BCUT2D eigenvalue weighted by Crippen LogP contribution is 2.11. The van der Waals surface area contributed by atoms with Gasteiger partial charge in [0.15, 0.2) is 5.11 Å². The van der Waals surface area contributed by atoms with E-state index in [0.717, 1.165) is 5.56 Å². The predicted molar refractivity (Wildman–Crippen MR) is 105 cm³/mol. The summed E-state index contributed by atoms with van der Waals surface area (Å²) >= 11 is 5.08. The van der Waals surface area contributed by atoms with Gasteiger partial charge < -0.3 is 10.4 Å². The van der Waals surface area contributed by atoms with Crippen LogP contribution < -0.4 is 15.5 Å². The molecule has 1 rings (SSSR count). The van der Waals surface area contributed by atoms with Crippen molar-refractivity contribution in [1.82, 2.24) is 15.5 Å². The normalized spacial score (nSPS) is 12.1. The van der Waals surface area contributed by atoms with Gasteiger partial charge in [-0.15, -0.1) is 0 Å². The van der Waals surface area contributed by atoms with Gasteiger partial charge in [0.25, 0.3) is 0 Å². The van der Waals surface area contributed by atoms with Crippen molar-refractivity contribution >= 4 is 39.0 Å². The van der Waals surface area contributed by atoms with E-state index in [1.807, 2.05) is 13.8 Å². The van der Waals surface area contributed by atoms with Crippen LogP contribution in [0.4, 0.5) is 0 Å². The Labute approximate surface area is 159 Å². The third kappa shape index (κ3) is 7.89. The minimum atomic E-state index is -3.67. The van der Waals surface area contributed by atoms with E-state index in [1.165, 1.54) is 12.1 Å². The Hall–Kier alpha value is -2.04. The molecule has 0 radical (unpaired) electrons. The quantitative estimate of drug-likeness (QED) is 0.214. The molecule has 0 bridgehead atoms. The fourth-order valence-electron chi connectivity index (χ4n) is 1.90. The minimum absolute atomic E-state index is 0.0705. The summed E-state index contributed by atoms with van der Waals surface area (Å²) in [6.45, 7) is 5.76. The summed E-state index contributed by atoms with van der Waals surface area (Å²) < 4.78 is 26.7. The van der Waals surface area contributed by atoms with Gasteiger partial charge in [0.05, 0.1) is 10.6 Å². The lowest BCUT2D eigenvalue weighted by molar-refractivity contribution is -0.137. The number of carbonyl (C=O) groups is 1. The number of hydrogen-bond acceptors (Lipinski definition) is 5. The van der Waals surface area contributed by atoms with E-state index < -0.39 is 16.0 Å². The molecule has 0 unspecified atom stereocenters. The summed E-state index contributed by atoms with van der Waals surface area (Å²) in [6.07, 6.45) is 0.145. The third-order valence-corrected chi connectivity index (χ3v) is 4.87. The summed E-state index contributed by atoms with van der Waals surface area (Å²) in [5.74, 6) is -0.958. The van der Waals surface area contributed by atoms with Crippen LogP contribution in [0, 0.1) is 0 Å². The number of aliphatic carboxylic acids is 1. The van der Waals surface area contributed by atoms with Crippen LogP contribution in [0.15, 0.2) is 34.3 Å². The molecule has 0 fully saturated rings. The highest BCUT2D eigenvalue weighted by Gasteiger charge is 2.13. The molecular formula is C16H24N4O4S2. The number of nitrogens with one attached hydrogen (secondary N) is 3. The molecule has 0 amide bonds. The molecule has 0 saturated carbocycles. The van der Waals surface area contributed by atoms with Gasteiger partial charge in [-0.2, -0.15) is 5.10 Å². The van der Waals surface area contributed by atoms with Crippen molar-refractivity contribution in [3.63, 3.8) is 0 Å². The Morgan fingerprint density at radius 1 is 1.27 bits per heavy atom. The summed E-state index contributed by atoms with van der Waals surface area (Å²) in [5, 5.41) is 16.1. The molecule has 0 saturated heterocycles. The van der Waals surface area contributed by atoms with Crippen molar-refractivity contribution in [2.75, 3.05) is 6.54 Å². The van der Waals surface area contributed by atoms with Gasteiger partial charge in [0, 0.05) is 19.0 Å². The van der Waals surface area contributed by atoms with Crippen molar-refractivity contribution < 1.29 is 18.3 Å². The monoisotopic (exact) mass is 400 g/mol. The molecule has 1 aromatic rings. The Morgan fingerprint density at radius 2 is 1.88 bits per heavy atom. The minimum Gasteiger partial charge on any atom is -0.481 e. The van der Waals surface area contributed by atoms with Crippen LogP contribution in [0.5, 0.6) is 0 Å². The van der Waals surface area contributed by atoms with E-state index >= 15 is 0 Å². The summed E-state index contributed by atoms with van der Waals surface area (Å²) in [7, 11) is -3.67. The van der Waals surface area contributed by atoms with Crippen molar-refractivity contribution in [2.45, 2.75) is 44.6 Å². The zero-order chi connectivity index (χ0) is 19.7. The molecule has 0 aliphatic heterocycles. The van der Waals surface area contributed by atoms with Crippen molar-refractivity contribution in [3.05, 3.63) is 29.8 Å². The number of hydrogen-bond donors (Lipinski definition) is 4. The van der Waals surface area contributed by atoms with Gasteiger partial charge in [-0.25, -0.2) is 13.1 Å². The number of carboxylic acids is 1. The second-order valence-corrected chi connectivity index (χ2v) is 8.03. The third-order valence-electron chi connectivity index (χ3n) is 3.19. The topological polar surface area (TPSA) is 120 Å². The Bertz CT molecular complexity index is 759. The average Bonchev–Trinajstić information content (AvgIpc) is 2.56. The molecule has 10 heteroatoms. The van der Waals surface area contributed by atoms with Gasteiger partial charge in [-0.05, 0) is 57.1 Å². The van der Waals surface area contributed by atoms with Crippen LogP contribution in [-0.4, -0.2) is 42.9 Å². The number of nitrogens with zero attached hydrogens (tertiary/aromatic N) is 1. The van der Waals surface area contributed by atoms with E-state index in [2.05, 4.69) is 20.6 Å². The maximum Gasteiger partial charge on any atom is 0.303 e. The molecule has 26 heavy (non-hydrogen) atoms. The maximum atomic E-state index is 12.1. The second-order valence-electron chi connectivity index (χ2n) is 5.86. The largest absolute Gasteiger partial charge is 0.481 e. The molecule has 8 nitrogen and oxygen atoms in total. The molecule has 0 aliphatic rings. The lowest BCUT2D eigenvalue weighted by Crippen LogP contribution is -2.37. The Kier molecular flexibility index (Phi) is 8.62. The highest BCUT2D eigenvalue weighted by molar-refractivity contribution is 7.89. The van der Waals surface area contributed by atoms with Gasteiger partial charge in [-0.3, -0.25) is 10.2 Å². The average molecular weight is 401 g/mol. The van der Waals surface area contributed by atoms with Crippen molar-refractivity contribution in [1.29, 1.82) is 0 Å².